The molecule has 1 aliphatic carbocycles. The fraction of sp³-hybridized carbons (Fsp3) is 0.242. The molecule has 196 valence electrons. The molecule has 0 radical (unpaired) electrons. The maximum Gasteiger partial charge on any atom is 0.316 e. The molecule has 0 atom stereocenters. The second-order valence-corrected chi connectivity index (χ2v) is 11.1. The van der Waals surface area contributed by atoms with E-state index in [0.29, 0.717) is 6.61 Å². The van der Waals surface area contributed by atoms with Crippen LogP contribution in [0.2, 0.25) is 0 Å². The van der Waals surface area contributed by atoms with Gasteiger partial charge >= 0.3 is 5.97 Å². The predicted molar refractivity (Wildman–Crippen MR) is 155 cm³/mol. The van der Waals surface area contributed by atoms with Gasteiger partial charge in [0.1, 0.15) is 5.01 Å². The van der Waals surface area contributed by atoms with Gasteiger partial charge < -0.3 is 9.26 Å². The molecule has 1 fully saturated rings. The number of aryl methyl sites for hydroxylation is 2. The average molecular weight is 535 g/mol. The smallest absolute Gasteiger partial charge is 0.316 e. The maximum absolute atomic E-state index is 12.4. The number of benzene rings is 3. The molecule has 0 N–H and O–H groups in total. The maximum atomic E-state index is 12.4. The summed E-state index contributed by atoms with van der Waals surface area (Å²) in [5.74, 6) is 0.722. The van der Waals surface area contributed by atoms with Gasteiger partial charge in [0.15, 0.2) is 5.76 Å². The van der Waals surface area contributed by atoms with Gasteiger partial charge in [-0.25, -0.2) is 4.98 Å². The number of hydrogen-bond acceptors (Lipinski definition) is 6. The molecule has 1 saturated carbocycles. The lowest BCUT2D eigenvalue weighted by Crippen LogP contribution is -2.23. The molecular formula is C33H30N2O3S. The van der Waals surface area contributed by atoms with E-state index in [1.165, 1.54) is 4.88 Å². The van der Waals surface area contributed by atoms with Gasteiger partial charge in [0.25, 0.3) is 0 Å². The molecule has 2 heterocycles. The minimum Gasteiger partial charge on any atom is -0.465 e. The Kier molecular flexibility index (Phi) is 6.88. The van der Waals surface area contributed by atoms with Crippen LogP contribution in [0.1, 0.15) is 41.5 Å². The highest BCUT2D eigenvalue weighted by molar-refractivity contribution is 7.15. The topological polar surface area (TPSA) is 65.2 Å². The van der Waals surface area contributed by atoms with E-state index in [1.807, 2.05) is 38.2 Å². The van der Waals surface area contributed by atoms with Crippen LogP contribution in [0.4, 0.5) is 0 Å². The highest BCUT2D eigenvalue weighted by Gasteiger charge is 2.52. The van der Waals surface area contributed by atoms with Gasteiger partial charge in [0.05, 0.1) is 17.7 Å². The quantitative estimate of drug-likeness (QED) is 0.180. The van der Waals surface area contributed by atoms with Gasteiger partial charge in [-0.05, 0) is 56.2 Å². The number of esters is 1. The number of nitrogens with zero attached hydrogens (tertiary/aromatic N) is 2. The Balaban J connectivity index is 1.16. The Morgan fingerprint density at radius 3 is 2.23 bits per heavy atom. The molecule has 5 nitrogen and oxygen atoms in total. The number of carbonyl (C=O) groups is 1. The minimum atomic E-state index is -0.443. The Bertz CT molecular complexity index is 1580. The zero-order valence-corrected chi connectivity index (χ0v) is 23.0. The van der Waals surface area contributed by atoms with E-state index in [1.54, 1.807) is 11.3 Å². The lowest BCUT2D eigenvalue weighted by Gasteiger charge is -2.14. The third kappa shape index (κ3) is 5.04. The largest absolute Gasteiger partial charge is 0.465 e. The summed E-state index contributed by atoms with van der Waals surface area (Å²) in [6.45, 7) is 4.27. The number of thiazole rings is 1. The first kappa shape index (κ1) is 25.3. The van der Waals surface area contributed by atoms with Gasteiger partial charge in [-0.15, -0.1) is 11.3 Å². The molecule has 1 aliphatic rings. The number of rotatable bonds is 9. The standard InChI is InChI=1S/C33H30N2O3S/c1-3-37-32(36)33(19-20-33)27-15-13-24(14-16-27)23-9-11-25(12-10-23)30-29(22(2)35-38-30)18-17-28-21-34-31(39-28)26-7-5-4-6-8-26/h4-16,21H,3,17-20H2,1-2H3. The summed E-state index contributed by atoms with van der Waals surface area (Å²) >= 11 is 1.74. The lowest BCUT2D eigenvalue weighted by molar-refractivity contribution is -0.146. The van der Waals surface area contributed by atoms with E-state index < -0.39 is 5.41 Å². The minimum absolute atomic E-state index is 0.104. The molecule has 5 aromatic rings. The molecule has 2 aromatic heterocycles. The Morgan fingerprint density at radius 2 is 1.56 bits per heavy atom. The van der Waals surface area contributed by atoms with Crippen molar-refractivity contribution in [3.8, 4) is 33.0 Å². The van der Waals surface area contributed by atoms with E-state index >= 15 is 0 Å². The first-order valence-electron chi connectivity index (χ1n) is 13.4. The van der Waals surface area contributed by atoms with Crippen LogP contribution in [-0.2, 0) is 27.8 Å². The summed E-state index contributed by atoms with van der Waals surface area (Å²) < 4.78 is 11.1. The van der Waals surface area contributed by atoms with Gasteiger partial charge in [-0.2, -0.15) is 0 Å². The van der Waals surface area contributed by atoms with Crippen molar-refractivity contribution in [3.05, 3.63) is 107 Å². The van der Waals surface area contributed by atoms with Crippen LogP contribution in [-0.4, -0.2) is 22.7 Å². The molecule has 0 saturated heterocycles. The van der Waals surface area contributed by atoms with Crippen LogP contribution in [0.5, 0.6) is 0 Å². The summed E-state index contributed by atoms with van der Waals surface area (Å²) in [4.78, 5) is 18.3. The molecule has 0 amide bonds. The van der Waals surface area contributed by atoms with Crippen molar-refractivity contribution in [2.75, 3.05) is 6.61 Å². The van der Waals surface area contributed by atoms with Crippen LogP contribution in [0.3, 0.4) is 0 Å². The monoisotopic (exact) mass is 534 g/mol. The summed E-state index contributed by atoms with van der Waals surface area (Å²) in [7, 11) is 0. The molecule has 3 aromatic carbocycles. The van der Waals surface area contributed by atoms with Crippen molar-refractivity contribution in [3.63, 3.8) is 0 Å². The van der Waals surface area contributed by atoms with Crippen LogP contribution in [0.15, 0.2) is 89.6 Å². The summed E-state index contributed by atoms with van der Waals surface area (Å²) in [6, 6.07) is 27.0. The van der Waals surface area contributed by atoms with Crippen LogP contribution in [0, 0.1) is 6.92 Å². The van der Waals surface area contributed by atoms with Crippen molar-refractivity contribution in [1.82, 2.24) is 10.1 Å². The zero-order chi connectivity index (χ0) is 26.8. The summed E-state index contributed by atoms with van der Waals surface area (Å²) in [6.07, 6.45) is 5.42. The first-order valence-corrected chi connectivity index (χ1v) is 14.2. The zero-order valence-electron chi connectivity index (χ0n) is 22.1. The molecular weight excluding hydrogens is 504 g/mol. The first-order chi connectivity index (χ1) is 19.1. The second kappa shape index (κ2) is 10.6. The third-order valence-electron chi connectivity index (χ3n) is 7.51. The average Bonchev–Trinajstić information content (AvgIpc) is 3.52. The molecule has 0 aliphatic heterocycles. The molecule has 6 heteroatoms. The number of hydrogen-bond donors (Lipinski definition) is 0. The van der Waals surface area contributed by atoms with Crippen molar-refractivity contribution >= 4 is 17.3 Å². The van der Waals surface area contributed by atoms with Gasteiger partial charge in [-0.1, -0.05) is 84.0 Å². The van der Waals surface area contributed by atoms with E-state index in [4.69, 9.17) is 9.26 Å². The highest BCUT2D eigenvalue weighted by Crippen LogP contribution is 2.49. The lowest BCUT2D eigenvalue weighted by atomic mass is 9.93. The Morgan fingerprint density at radius 1 is 0.897 bits per heavy atom. The van der Waals surface area contributed by atoms with Crippen LogP contribution in [0.25, 0.3) is 33.0 Å². The SMILES string of the molecule is CCOC(=O)C1(c2ccc(-c3ccc(-c4onc(C)c4CCc4cnc(-c5ccccc5)s4)cc3)cc2)CC1. The summed E-state index contributed by atoms with van der Waals surface area (Å²) in [5, 5.41) is 5.33. The van der Waals surface area contributed by atoms with Crippen molar-refractivity contribution in [1.29, 1.82) is 0 Å². The van der Waals surface area contributed by atoms with E-state index in [0.717, 1.165) is 75.5 Å². The van der Waals surface area contributed by atoms with E-state index in [2.05, 4.69) is 70.8 Å². The van der Waals surface area contributed by atoms with Crippen molar-refractivity contribution < 1.29 is 14.1 Å². The van der Waals surface area contributed by atoms with Crippen LogP contribution >= 0.6 is 11.3 Å². The highest BCUT2D eigenvalue weighted by atomic mass is 32.1. The fourth-order valence-electron chi connectivity index (χ4n) is 5.10. The second-order valence-electron chi connectivity index (χ2n) is 10.0. The van der Waals surface area contributed by atoms with Gasteiger partial charge in [0.2, 0.25) is 0 Å². The van der Waals surface area contributed by atoms with Crippen molar-refractivity contribution in [2.24, 2.45) is 0 Å². The molecule has 6 rings (SSSR count). The predicted octanol–water partition coefficient (Wildman–Crippen LogP) is 7.82. The molecule has 0 bridgehead atoms. The molecule has 0 unspecified atom stereocenters. The van der Waals surface area contributed by atoms with E-state index in [9.17, 15) is 4.79 Å². The third-order valence-corrected chi connectivity index (χ3v) is 8.62. The number of ether oxygens (including phenoxy) is 1. The molecule has 0 spiro atoms. The summed E-state index contributed by atoms with van der Waals surface area (Å²) in [5.41, 5.74) is 7.04. The fourth-order valence-corrected chi connectivity index (χ4v) is 6.01. The van der Waals surface area contributed by atoms with Crippen molar-refractivity contribution in [2.45, 2.75) is 44.9 Å². The number of aromatic nitrogens is 2. The van der Waals surface area contributed by atoms with Gasteiger partial charge in [-0.3, -0.25) is 4.79 Å². The Hall–Kier alpha value is -4.03. The van der Waals surface area contributed by atoms with Crippen LogP contribution < -0.4 is 0 Å². The number of carbonyl (C=O) groups excluding carboxylic acids is 1. The van der Waals surface area contributed by atoms with E-state index in [-0.39, 0.29) is 5.97 Å². The van der Waals surface area contributed by atoms with Gasteiger partial charge in [0, 0.05) is 27.8 Å². The molecule has 39 heavy (non-hydrogen) atoms. The normalized spacial score (nSPS) is 13.8. The Labute approximate surface area is 232 Å².